The highest BCUT2D eigenvalue weighted by Gasteiger charge is 2.15. The number of sulfonamides is 1. The summed E-state index contributed by atoms with van der Waals surface area (Å²) < 4.78 is 23.8. The summed E-state index contributed by atoms with van der Waals surface area (Å²) in [6, 6.07) is 6.97. The van der Waals surface area contributed by atoms with Gasteiger partial charge in [-0.15, -0.1) is 0 Å². The summed E-state index contributed by atoms with van der Waals surface area (Å²) in [5, 5.41) is 0. The zero-order valence-corrected chi connectivity index (χ0v) is 12.9. The summed E-state index contributed by atoms with van der Waals surface area (Å²) in [6.07, 6.45) is 1.65. The van der Waals surface area contributed by atoms with Crippen LogP contribution in [0, 0.1) is 6.92 Å². The van der Waals surface area contributed by atoms with Crippen LogP contribution < -0.4 is 4.31 Å². The number of aldehydes is 1. The van der Waals surface area contributed by atoms with Crippen molar-refractivity contribution in [3.05, 3.63) is 29.8 Å². The molecule has 108 valence electrons. The molecule has 1 aromatic carbocycles. The molecule has 1 rings (SSSR count). The summed E-state index contributed by atoms with van der Waals surface area (Å²) in [7, 11) is 2.61. The van der Waals surface area contributed by atoms with Crippen molar-refractivity contribution >= 4 is 22.0 Å². The molecule has 5 nitrogen and oxygen atoms in total. The molecule has 0 heterocycles. The number of benzene rings is 1. The van der Waals surface area contributed by atoms with Crippen LogP contribution in [0.4, 0.5) is 5.69 Å². The Kier molecular flexibility index (Phi) is 7.33. The van der Waals surface area contributed by atoms with Crippen LogP contribution >= 0.6 is 0 Å². The number of carbonyl (C=O) groups excluding carboxylic acids is 1. The summed E-state index contributed by atoms with van der Waals surface area (Å²) in [5.41, 5.74) is 1.55. The Hall–Kier alpha value is -1.40. The highest BCUT2D eigenvalue weighted by atomic mass is 32.2. The smallest absolute Gasteiger partial charge is 0.232 e. The minimum absolute atomic E-state index is 0.151. The number of aryl methyl sites for hydroxylation is 1. The van der Waals surface area contributed by atoms with Gasteiger partial charge in [-0.05, 0) is 40.2 Å². The van der Waals surface area contributed by atoms with E-state index in [1.165, 1.54) is 0 Å². The molecular weight excluding hydrogens is 264 g/mol. The third kappa shape index (κ3) is 7.58. The van der Waals surface area contributed by atoms with E-state index in [0.717, 1.165) is 16.1 Å². The summed E-state index contributed by atoms with van der Waals surface area (Å²) >= 11 is 0. The summed E-state index contributed by atoms with van der Waals surface area (Å²) in [4.78, 5) is 12.4. The highest BCUT2D eigenvalue weighted by Crippen LogP contribution is 2.17. The Bertz CT molecular complexity index is 478. The number of hydrogen-bond acceptors (Lipinski definition) is 4. The van der Waals surface area contributed by atoms with Gasteiger partial charge in [-0.3, -0.25) is 4.31 Å². The standard InChI is InChI=1S/C10H13NO3S.C3H9N/c1-9-3-5-10(6-4-9)11(7-8-12)15(2,13)14;1-4(2)3/h3-6,8H,7H2,1-2H3;1-3H3. The van der Waals surface area contributed by atoms with Crippen molar-refractivity contribution in [2.45, 2.75) is 6.92 Å². The van der Waals surface area contributed by atoms with Crippen LogP contribution in [0.2, 0.25) is 0 Å². The zero-order valence-electron chi connectivity index (χ0n) is 12.1. The Morgan fingerprint density at radius 2 is 1.53 bits per heavy atom. The summed E-state index contributed by atoms with van der Waals surface area (Å²) in [5.74, 6) is 0. The first-order valence-electron chi connectivity index (χ1n) is 5.77. The monoisotopic (exact) mass is 286 g/mol. The van der Waals surface area contributed by atoms with E-state index in [-0.39, 0.29) is 6.54 Å². The van der Waals surface area contributed by atoms with Crippen LogP contribution in [0.15, 0.2) is 24.3 Å². The lowest BCUT2D eigenvalue weighted by molar-refractivity contribution is -0.106. The maximum atomic E-state index is 11.4. The fourth-order valence-corrected chi connectivity index (χ4v) is 2.05. The van der Waals surface area contributed by atoms with Crippen molar-refractivity contribution in [2.24, 2.45) is 0 Å². The van der Waals surface area contributed by atoms with Crippen LogP contribution in [-0.4, -0.2) is 53.5 Å². The fraction of sp³-hybridized carbons (Fsp3) is 0.462. The van der Waals surface area contributed by atoms with E-state index in [2.05, 4.69) is 0 Å². The third-order valence-electron chi connectivity index (χ3n) is 1.96. The van der Waals surface area contributed by atoms with Gasteiger partial charge in [-0.25, -0.2) is 8.42 Å². The van der Waals surface area contributed by atoms with Gasteiger partial charge >= 0.3 is 0 Å². The number of nitrogens with zero attached hydrogens (tertiary/aromatic N) is 2. The normalized spacial score (nSPS) is 10.6. The average molecular weight is 286 g/mol. The van der Waals surface area contributed by atoms with Gasteiger partial charge in [-0.1, -0.05) is 17.7 Å². The molecule has 1 aromatic rings. The van der Waals surface area contributed by atoms with Crippen LogP contribution in [0.3, 0.4) is 0 Å². The average Bonchev–Trinajstić information content (AvgIpc) is 2.25. The number of carbonyl (C=O) groups is 1. The molecule has 0 aliphatic rings. The van der Waals surface area contributed by atoms with Gasteiger partial charge in [0, 0.05) is 0 Å². The third-order valence-corrected chi connectivity index (χ3v) is 3.12. The van der Waals surface area contributed by atoms with E-state index >= 15 is 0 Å². The van der Waals surface area contributed by atoms with Gasteiger partial charge in [0.1, 0.15) is 6.29 Å². The molecular formula is C13H22N2O3S. The van der Waals surface area contributed by atoms with Crippen LogP contribution in [-0.2, 0) is 14.8 Å². The number of anilines is 1. The van der Waals surface area contributed by atoms with Crippen molar-refractivity contribution in [3.63, 3.8) is 0 Å². The van der Waals surface area contributed by atoms with Crippen molar-refractivity contribution in [2.75, 3.05) is 38.2 Å². The molecule has 0 spiro atoms. The van der Waals surface area contributed by atoms with E-state index < -0.39 is 10.0 Å². The first kappa shape index (κ1) is 17.6. The molecule has 0 unspecified atom stereocenters. The molecule has 0 aromatic heterocycles. The van der Waals surface area contributed by atoms with Crippen LogP contribution in [0.1, 0.15) is 5.56 Å². The Morgan fingerprint density at radius 3 is 1.84 bits per heavy atom. The lowest BCUT2D eigenvalue weighted by Crippen LogP contribution is -2.31. The molecule has 0 saturated carbocycles. The van der Waals surface area contributed by atoms with Crippen molar-refractivity contribution in [1.29, 1.82) is 0 Å². The predicted octanol–water partition coefficient (Wildman–Crippen LogP) is 1.14. The molecule has 6 heteroatoms. The van der Waals surface area contributed by atoms with Crippen molar-refractivity contribution in [1.82, 2.24) is 4.90 Å². The Morgan fingerprint density at radius 1 is 1.11 bits per heavy atom. The Labute approximate surface area is 115 Å². The molecule has 0 N–H and O–H groups in total. The SMILES string of the molecule is CN(C)C.Cc1ccc(N(CC=O)S(C)(=O)=O)cc1. The first-order valence-corrected chi connectivity index (χ1v) is 7.62. The van der Waals surface area contributed by atoms with E-state index in [1.54, 1.807) is 24.3 Å². The van der Waals surface area contributed by atoms with Crippen LogP contribution in [0.5, 0.6) is 0 Å². The predicted molar refractivity (Wildman–Crippen MR) is 79.0 cm³/mol. The van der Waals surface area contributed by atoms with Gasteiger partial charge < -0.3 is 9.69 Å². The van der Waals surface area contributed by atoms with Gasteiger partial charge in [0.15, 0.2) is 0 Å². The zero-order chi connectivity index (χ0) is 15.1. The lowest BCUT2D eigenvalue weighted by Gasteiger charge is -2.19. The highest BCUT2D eigenvalue weighted by molar-refractivity contribution is 7.92. The maximum Gasteiger partial charge on any atom is 0.232 e. The van der Waals surface area contributed by atoms with E-state index in [1.807, 2.05) is 33.0 Å². The van der Waals surface area contributed by atoms with Crippen molar-refractivity contribution < 1.29 is 13.2 Å². The molecule has 0 bridgehead atoms. The molecule has 0 radical (unpaired) electrons. The van der Waals surface area contributed by atoms with E-state index in [4.69, 9.17) is 0 Å². The number of rotatable bonds is 4. The Balaban J connectivity index is 0.000000711. The second kappa shape index (κ2) is 7.91. The molecule has 0 atom stereocenters. The lowest BCUT2D eigenvalue weighted by atomic mass is 10.2. The molecule has 0 saturated heterocycles. The summed E-state index contributed by atoms with van der Waals surface area (Å²) in [6.45, 7) is 1.76. The van der Waals surface area contributed by atoms with Gasteiger partial charge in [0.05, 0.1) is 18.5 Å². The van der Waals surface area contributed by atoms with Gasteiger partial charge in [0.25, 0.3) is 0 Å². The number of hydrogen-bond donors (Lipinski definition) is 0. The van der Waals surface area contributed by atoms with E-state index in [0.29, 0.717) is 12.0 Å². The fourth-order valence-electron chi connectivity index (χ4n) is 1.21. The minimum Gasteiger partial charge on any atom is -0.312 e. The maximum absolute atomic E-state index is 11.4. The van der Waals surface area contributed by atoms with Gasteiger partial charge in [0.2, 0.25) is 10.0 Å². The molecule has 0 amide bonds. The van der Waals surface area contributed by atoms with Crippen molar-refractivity contribution in [3.8, 4) is 0 Å². The largest absolute Gasteiger partial charge is 0.312 e. The van der Waals surface area contributed by atoms with Gasteiger partial charge in [-0.2, -0.15) is 0 Å². The second-order valence-corrected chi connectivity index (χ2v) is 6.54. The first-order chi connectivity index (χ1) is 8.68. The van der Waals surface area contributed by atoms with E-state index in [9.17, 15) is 13.2 Å². The second-order valence-electron chi connectivity index (χ2n) is 4.64. The molecule has 19 heavy (non-hydrogen) atoms. The van der Waals surface area contributed by atoms with Crippen LogP contribution in [0.25, 0.3) is 0 Å². The molecule has 0 aliphatic carbocycles. The minimum atomic E-state index is -3.39. The quantitative estimate of drug-likeness (QED) is 0.779. The molecule has 0 aliphatic heterocycles. The molecule has 0 fully saturated rings. The topological polar surface area (TPSA) is 57.7 Å².